The molecule has 1 aromatic heterocycles. The second kappa shape index (κ2) is 8.85. The first-order valence-electron chi connectivity index (χ1n) is 10.3. The van der Waals surface area contributed by atoms with Gasteiger partial charge in [0.15, 0.2) is 4.77 Å². The molecule has 0 radical (unpaired) electrons. The van der Waals surface area contributed by atoms with E-state index in [9.17, 15) is 4.79 Å². The van der Waals surface area contributed by atoms with Crippen molar-refractivity contribution in [1.82, 2.24) is 14.5 Å². The predicted octanol–water partition coefficient (Wildman–Crippen LogP) is 4.24. The van der Waals surface area contributed by atoms with Gasteiger partial charge >= 0.3 is 0 Å². The molecule has 1 fully saturated rings. The summed E-state index contributed by atoms with van der Waals surface area (Å²) in [6.07, 6.45) is 3.66. The Labute approximate surface area is 182 Å². The number of aryl methyl sites for hydroxylation is 1. The maximum Gasteiger partial charge on any atom is 0.255 e. The summed E-state index contributed by atoms with van der Waals surface area (Å²) in [6.45, 7) is 9.62. The number of aromatic nitrogens is 2. The molecule has 2 N–H and O–H groups in total. The lowest BCUT2D eigenvalue weighted by Crippen LogP contribution is -2.46. The zero-order chi connectivity index (χ0) is 21.1. The van der Waals surface area contributed by atoms with Crippen molar-refractivity contribution in [3.8, 4) is 5.69 Å². The van der Waals surface area contributed by atoms with Crippen molar-refractivity contribution >= 4 is 29.5 Å². The Morgan fingerprint density at radius 3 is 2.37 bits per heavy atom. The molecule has 1 aliphatic rings. The van der Waals surface area contributed by atoms with Crippen LogP contribution in [-0.2, 0) is 0 Å². The number of nitrogens with one attached hydrogen (secondary N) is 2. The first-order chi connectivity index (χ1) is 14.5. The maximum atomic E-state index is 12.7. The lowest BCUT2D eigenvalue weighted by molar-refractivity contribution is 0.102. The number of carbonyl (C=O) groups excluding carboxylic acids is 1. The fourth-order valence-corrected chi connectivity index (χ4v) is 4.03. The van der Waals surface area contributed by atoms with Gasteiger partial charge in [0.25, 0.3) is 5.91 Å². The van der Waals surface area contributed by atoms with Crippen molar-refractivity contribution in [2.45, 2.75) is 13.8 Å². The Bertz CT molecular complexity index is 1080. The number of piperazine rings is 1. The Hall–Kier alpha value is -2.90. The van der Waals surface area contributed by atoms with E-state index in [0.717, 1.165) is 49.7 Å². The number of hydrogen-bond acceptors (Lipinski definition) is 4. The minimum atomic E-state index is -0.119. The summed E-state index contributed by atoms with van der Waals surface area (Å²) in [5.41, 5.74) is 4.65. The minimum absolute atomic E-state index is 0.119. The topological polar surface area (TPSA) is 56.3 Å². The lowest BCUT2D eigenvalue weighted by Gasteiger charge is -2.35. The van der Waals surface area contributed by atoms with E-state index in [-0.39, 0.29) is 5.91 Å². The summed E-state index contributed by atoms with van der Waals surface area (Å²) in [5, 5.41) is 3.04. The average molecular weight is 422 g/mol. The monoisotopic (exact) mass is 421 g/mol. The van der Waals surface area contributed by atoms with Crippen molar-refractivity contribution < 1.29 is 4.79 Å². The standard InChI is InChI=1S/C23H27N5OS/c1-3-26-12-14-27(15-13-26)20-8-9-21(17(2)16-20)25-22(29)18-4-6-19(7-5-18)28-11-10-24-23(28)30/h4-11,16H,3,12-15H2,1-2H3,(H,24,30)(H,25,29). The van der Waals surface area contributed by atoms with Gasteiger partial charge in [-0.3, -0.25) is 9.36 Å². The molecule has 1 saturated heterocycles. The second-order valence-corrected chi connectivity index (χ2v) is 7.94. The molecule has 2 aromatic carbocycles. The molecule has 30 heavy (non-hydrogen) atoms. The third kappa shape index (κ3) is 4.32. The molecule has 1 aliphatic heterocycles. The molecule has 156 valence electrons. The van der Waals surface area contributed by atoms with Crippen LogP contribution in [0.5, 0.6) is 0 Å². The molecular formula is C23H27N5OS. The molecule has 0 spiro atoms. The fourth-order valence-electron chi connectivity index (χ4n) is 3.80. The number of H-pyrrole nitrogens is 1. The normalized spacial score (nSPS) is 14.7. The number of aromatic amines is 1. The summed E-state index contributed by atoms with van der Waals surface area (Å²) in [7, 11) is 0. The van der Waals surface area contributed by atoms with Gasteiger partial charge in [0.1, 0.15) is 0 Å². The van der Waals surface area contributed by atoms with Gasteiger partial charge in [-0.25, -0.2) is 0 Å². The number of rotatable bonds is 5. The molecule has 0 bridgehead atoms. The summed E-state index contributed by atoms with van der Waals surface area (Å²) >= 11 is 5.24. The largest absolute Gasteiger partial charge is 0.369 e. The van der Waals surface area contributed by atoms with Crippen LogP contribution >= 0.6 is 12.2 Å². The van der Waals surface area contributed by atoms with Crippen molar-refractivity contribution in [2.75, 3.05) is 42.9 Å². The highest BCUT2D eigenvalue weighted by Crippen LogP contribution is 2.24. The third-order valence-electron chi connectivity index (χ3n) is 5.70. The van der Waals surface area contributed by atoms with E-state index in [0.29, 0.717) is 10.3 Å². The molecule has 4 rings (SSSR count). The SMILES string of the molecule is CCN1CCN(c2ccc(NC(=O)c3ccc(-n4cc[nH]c4=S)cc3)c(C)c2)CC1. The third-order valence-corrected chi connectivity index (χ3v) is 6.01. The van der Waals surface area contributed by atoms with Crippen molar-refractivity contribution in [3.05, 3.63) is 70.8 Å². The average Bonchev–Trinajstić information content (AvgIpc) is 3.21. The predicted molar refractivity (Wildman–Crippen MR) is 124 cm³/mol. The molecule has 7 heteroatoms. The van der Waals surface area contributed by atoms with E-state index in [1.54, 1.807) is 6.20 Å². The van der Waals surface area contributed by atoms with Crippen LogP contribution in [-0.4, -0.2) is 53.1 Å². The fraction of sp³-hybridized carbons (Fsp3) is 0.304. The number of benzene rings is 2. The van der Waals surface area contributed by atoms with Crippen LogP contribution < -0.4 is 10.2 Å². The van der Waals surface area contributed by atoms with E-state index in [1.807, 2.05) is 48.0 Å². The van der Waals surface area contributed by atoms with Gasteiger partial charge in [-0.1, -0.05) is 6.92 Å². The van der Waals surface area contributed by atoms with Gasteiger partial charge in [-0.2, -0.15) is 0 Å². The first kappa shape index (κ1) is 20.4. The number of carbonyl (C=O) groups is 1. The van der Waals surface area contributed by atoms with E-state index in [1.165, 1.54) is 5.69 Å². The van der Waals surface area contributed by atoms with Gasteiger partial charge in [0.2, 0.25) is 0 Å². The van der Waals surface area contributed by atoms with Gasteiger partial charge in [0.05, 0.1) is 0 Å². The van der Waals surface area contributed by atoms with Crippen LogP contribution in [0.1, 0.15) is 22.8 Å². The molecule has 1 amide bonds. The zero-order valence-corrected chi connectivity index (χ0v) is 18.2. The number of likely N-dealkylation sites (N-methyl/N-ethyl adjacent to an activating group) is 1. The quantitative estimate of drug-likeness (QED) is 0.605. The summed E-state index contributed by atoms with van der Waals surface area (Å²) in [4.78, 5) is 20.6. The Kier molecular flexibility index (Phi) is 6.01. The number of imidazole rings is 1. The maximum absolute atomic E-state index is 12.7. The van der Waals surface area contributed by atoms with Crippen molar-refractivity contribution in [2.24, 2.45) is 0 Å². The number of amides is 1. The van der Waals surface area contributed by atoms with Crippen LogP contribution in [0, 0.1) is 11.7 Å². The van der Waals surface area contributed by atoms with E-state index in [2.05, 4.69) is 39.2 Å². The van der Waals surface area contributed by atoms with Crippen LogP contribution in [0.3, 0.4) is 0 Å². The Balaban J connectivity index is 1.43. The first-order valence-corrected chi connectivity index (χ1v) is 10.7. The highest BCUT2D eigenvalue weighted by Gasteiger charge is 2.17. The van der Waals surface area contributed by atoms with Gasteiger partial charge in [-0.05, 0) is 73.7 Å². The van der Waals surface area contributed by atoms with E-state index >= 15 is 0 Å². The van der Waals surface area contributed by atoms with Crippen LogP contribution in [0.25, 0.3) is 5.69 Å². The molecule has 0 unspecified atom stereocenters. The lowest BCUT2D eigenvalue weighted by atomic mass is 10.1. The zero-order valence-electron chi connectivity index (χ0n) is 17.4. The van der Waals surface area contributed by atoms with Crippen LogP contribution in [0.15, 0.2) is 54.9 Å². The van der Waals surface area contributed by atoms with E-state index < -0.39 is 0 Å². The molecule has 6 nitrogen and oxygen atoms in total. The van der Waals surface area contributed by atoms with Crippen LogP contribution in [0.4, 0.5) is 11.4 Å². The summed E-state index contributed by atoms with van der Waals surface area (Å²) in [6, 6.07) is 13.7. The second-order valence-electron chi connectivity index (χ2n) is 7.56. The highest BCUT2D eigenvalue weighted by molar-refractivity contribution is 7.71. The highest BCUT2D eigenvalue weighted by atomic mass is 32.1. The smallest absolute Gasteiger partial charge is 0.255 e. The molecule has 3 aromatic rings. The number of hydrogen-bond donors (Lipinski definition) is 2. The molecule has 0 aliphatic carbocycles. The van der Waals surface area contributed by atoms with Gasteiger partial charge in [0, 0.05) is 61.2 Å². The van der Waals surface area contributed by atoms with Gasteiger partial charge in [-0.15, -0.1) is 0 Å². The van der Waals surface area contributed by atoms with Crippen molar-refractivity contribution in [1.29, 1.82) is 0 Å². The molecule has 0 atom stereocenters. The minimum Gasteiger partial charge on any atom is -0.369 e. The Morgan fingerprint density at radius 2 is 1.77 bits per heavy atom. The summed E-state index contributed by atoms with van der Waals surface area (Å²) in [5.74, 6) is -0.119. The Morgan fingerprint density at radius 1 is 1.07 bits per heavy atom. The summed E-state index contributed by atoms with van der Waals surface area (Å²) < 4.78 is 2.49. The molecule has 2 heterocycles. The molecular weight excluding hydrogens is 394 g/mol. The number of nitrogens with zero attached hydrogens (tertiary/aromatic N) is 3. The van der Waals surface area contributed by atoms with Gasteiger partial charge < -0.3 is 20.1 Å². The van der Waals surface area contributed by atoms with Crippen LogP contribution in [0.2, 0.25) is 0 Å². The molecule has 0 saturated carbocycles. The number of anilines is 2. The van der Waals surface area contributed by atoms with Crippen molar-refractivity contribution in [3.63, 3.8) is 0 Å². The van der Waals surface area contributed by atoms with E-state index in [4.69, 9.17) is 12.2 Å².